The van der Waals surface area contributed by atoms with Gasteiger partial charge in [0, 0.05) is 30.2 Å². The van der Waals surface area contributed by atoms with Gasteiger partial charge in [0.05, 0.1) is 6.42 Å². The van der Waals surface area contributed by atoms with E-state index in [1.807, 2.05) is 18.0 Å². The van der Waals surface area contributed by atoms with E-state index in [0.29, 0.717) is 48.2 Å². The molecule has 0 aromatic heterocycles. The first-order chi connectivity index (χ1) is 12.9. The lowest BCUT2D eigenvalue weighted by Crippen LogP contribution is -2.37. The van der Waals surface area contributed by atoms with Crippen LogP contribution >= 0.6 is 11.6 Å². The second-order valence-corrected chi connectivity index (χ2v) is 8.91. The van der Waals surface area contributed by atoms with Crippen LogP contribution in [0.15, 0.2) is 12.1 Å². The molecule has 4 rings (SSSR count). The zero-order valence-corrected chi connectivity index (χ0v) is 17.2. The van der Waals surface area contributed by atoms with Gasteiger partial charge < -0.3 is 19.3 Å². The predicted octanol–water partition coefficient (Wildman–Crippen LogP) is 3.23. The summed E-state index contributed by atoms with van der Waals surface area (Å²) in [5.41, 5.74) is 0.809. The van der Waals surface area contributed by atoms with Gasteiger partial charge in [0.15, 0.2) is 11.5 Å². The van der Waals surface area contributed by atoms with E-state index < -0.39 is 0 Å². The summed E-state index contributed by atoms with van der Waals surface area (Å²) in [5, 5.41) is 0.568. The van der Waals surface area contributed by atoms with Crippen molar-refractivity contribution in [3.63, 3.8) is 0 Å². The molecular weight excluding hydrogens is 364 g/mol. The standard InChI is InChI=1S/C21H29ClN2O3/c1-23(2)16-6-13-8-17(9-14(13)7-16)24(3)21(25)11-15-10-19-20(12-18(15)22)27-5-4-26-19/h10,12-14,16-17H,4-9,11H2,1-3H3/t13-,14+,16?,17?. The van der Waals surface area contributed by atoms with Gasteiger partial charge in [-0.25, -0.2) is 0 Å². The van der Waals surface area contributed by atoms with Crippen LogP contribution in [-0.2, 0) is 11.2 Å². The van der Waals surface area contributed by atoms with Crippen molar-refractivity contribution in [3.8, 4) is 11.5 Å². The summed E-state index contributed by atoms with van der Waals surface area (Å²) < 4.78 is 11.2. The maximum atomic E-state index is 12.9. The molecule has 2 aliphatic carbocycles. The van der Waals surface area contributed by atoms with Gasteiger partial charge in [0.25, 0.3) is 0 Å². The third kappa shape index (κ3) is 3.77. The molecule has 1 aromatic carbocycles. The van der Waals surface area contributed by atoms with Crippen LogP contribution in [-0.4, -0.2) is 62.1 Å². The van der Waals surface area contributed by atoms with Crippen LogP contribution < -0.4 is 9.47 Å². The van der Waals surface area contributed by atoms with Gasteiger partial charge >= 0.3 is 0 Å². The summed E-state index contributed by atoms with van der Waals surface area (Å²) in [6.07, 6.45) is 5.10. The van der Waals surface area contributed by atoms with Crippen molar-refractivity contribution in [2.45, 2.75) is 44.2 Å². The lowest BCUT2D eigenvalue weighted by Gasteiger charge is -2.27. The fourth-order valence-electron chi connectivity index (χ4n) is 5.02. The Kier molecular flexibility index (Phi) is 5.26. The van der Waals surface area contributed by atoms with E-state index in [1.165, 1.54) is 12.8 Å². The van der Waals surface area contributed by atoms with Crippen LogP contribution in [0.5, 0.6) is 11.5 Å². The number of nitrogens with zero attached hydrogens (tertiary/aromatic N) is 2. The van der Waals surface area contributed by atoms with Gasteiger partial charge in [-0.3, -0.25) is 4.79 Å². The molecule has 0 saturated heterocycles. The summed E-state index contributed by atoms with van der Waals surface area (Å²) in [6, 6.07) is 4.68. The molecule has 2 saturated carbocycles. The average Bonchev–Trinajstić information content (AvgIpc) is 3.20. The van der Waals surface area contributed by atoms with Crippen LogP contribution in [0.25, 0.3) is 0 Å². The molecule has 1 heterocycles. The third-order valence-electron chi connectivity index (χ3n) is 6.69. The summed E-state index contributed by atoms with van der Waals surface area (Å²) in [7, 11) is 6.30. The molecule has 1 aliphatic heterocycles. The zero-order valence-electron chi connectivity index (χ0n) is 16.4. The minimum Gasteiger partial charge on any atom is -0.486 e. The minimum atomic E-state index is 0.128. The first kappa shape index (κ1) is 18.9. The van der Waals surface area contributed by atoms with Gasteiger partial charge in [0.2, 0.25) is 5.91 Å². The highest BCUT2D eigenvalue weighted by atomic mass is 35.5. The lowest BCUT2D eigenvalue weighted by molar-refractivity contribution is -0.131. The fraction of sp³-hybridized carbons (Fsp3) is 0.667. The number of benzene rings is 1. The van der Waals surface area contributed by atoms with Crippen LogP contribution in [0.1, 0.15) is 31.2 Å². The largest absolute Gasteiger partial charge is 0.486 e. The van der Waals surface area contributed by atoms with Gasteiger partial charge in [-0.1, -0.05) is 11.6 Å². The SMILES string of the molecule is CN(C)C1C[C@@H]2CC(N(C)C(=O)Cc3cc4c(cc3Cl)OCCO4)C[C@@H]2C1. The molecule has 0 bridgehead atoms. The Morgan fingerprint density at radius 2 is 1.56 bits per heavy atom. The van der Waals surface area contributed by atoms with Crippen molar-refractivity contribution in [2.24, 2.45) is 11.8 Å². The Bertz CT molecular complexity index is 710. The smallest absolute Gasteiger partial charge is 0.227 e. The summed E-state index contributed by atoms with van der Waals surface area (Å²) >= 11 is 6.38. The molecule has 1 amide bonds. The highest BCUT2D eigenvalue weighted by Crippen LogP contribution is 2.46. The van der Waals surface area contributed by atoms with Crippen molar-refractivity contribution in [2.75, 3.05) is 34.4 Å². The Morgan fingerprint density at radius 1 is 1.00 bits per heavy atom. The fourth-order valence-corrected chi connectivity index (χ4v) is 5.24. The number of halogens is 1. The Hall–Kier alpha value is -1.46. The van der Waals surface area contributed by atoms with E-state index in [9.17, 15) is 4.79 Å². The topological polar surface area (TPSA) is 42.0 Å². The maximum Gasteiger partial charge on any atom is 0.227 e. The number of rotatable bonds is 4. The summed E-state index contributed by atoms with van der Waals surface area (Å²) in [4.78, 5) is 17.2. The van der Waals surface area contributed by atoms with Gasteiger partial charge in [-0.05, 0) is 63.2 Å². The number of hydrogen-bond acceptors (Lipinski definition) is 4. The number of hydrogen-bond donors (Lipinski definition) is 0. The van der Waals surface area contributed by atoms with Crippen molar-refractivity contribution >= 4 is 17.5 Å². The van der Waals surface area contributed by atoms with Gasteiger partial charge in [-0.2, -0.15) is 0 Å². The molecule has 0 spiro atoms. The highest BCUT2D eigenvalue weighted by molar-refractivity contribution is 6.31. The number of likely N-dealkylation sites (N-methyl/N-ethyl adjacent to an activating group) is 1. The Morgan fingerprint density at radius 3 is 2.15 bits per heavy atom. The van der Waals surface area contributed by atoms with Gasteiger partial charge in [-0.15, -0.1) is 0 Å². The molecule has 0 N–H and O–H groups in total. The van der Waals surface area contributed by atoms with Crippen LogP contribution in [0, 0.1) is 11.8 Å². The monoisotopic (exact) mass is 392 g/mol. The first-order valence-electron chi connectivity index (χ1n) is 9.92. The number of carbonyl (C=O) groups is 1. The predicted molar refractivity (Wildman–Crippen MR) is 106 cm³/mol. The molecule has 4 atom stereocenters. The van der Waals surface area contributed by atoms with E-state index >= 15 is 0 Å². The molecule has 2 fully saturated rings. The number of amides is 1. The molecule has 3 aliphatic rings. The second kappa shape index (κ2) is 7.51. The van der Waals surface area contributed by atoms with Crippen molar-refractivity contribution < 1.29 is 14.3 Å². The van der Waals surface area contributed by atoms with E-state index in [1.54, 1.807) is 6.07 Å². The van der Waals surface area contributed by atoms with Crippen molar-refractivity contribution in [1.82, 2.24) is 9.80 Å². The Labute approximate surface area is 166 Å². The van der Waals surface area contributed by atoms with Crippen molar-refractivity contribution in [3.05, 3.63) is 22.7 Å². The minimum absolute atomic E-state index is 0.128. The first-order valence-corrected chi connectivity index (χ1v) is 10.3. The van der Waals surface area contributed by atoms with Gasteiger partial charge in [0.1, 0.15) is 13.2 Å². The second-order valence-electron chi connectivity index (χ2n) is 8.50. The molecule has 27 heavy (non-hydrogen) atoms. The third-order valence-corrected chi connectivity index (χ3v) is 7.04. The molecule has 2 unspecified atom stereocenters. The molecule has 5 nitrogen and oxygen atoms in total. The zero-order chi connectivity index (χ0) is 19.1. The molecule has 0 radical (unpaired) electrons. The van der Waals surface area contributed by atoms with Crippen LogP contribution in [0.2, 0.25) is 5.02 Å². The quantitative estimate of drug-likeness (QED) is 0.788. The van der Waals surface area contributed by atoms with E-state index in [-0.39, 0.29) is 5.91 Å². The normalized spacial score (nSPS) is 29.1. The molecule has 148 valence electrons. The molecular formula is C21H29ClN2O3. The molecule has 1 aromatic rings. The molecule has 6 heteroatoms. The number of carbonyl (C=O) groups excluding carboxylic acids is 1. The summed E-state index contributed by atoms with van der Waals surface area (Å²) in [6.45, 7) is 1.06. The van der Waals surface area contributed by atoms with E-state index in [4.69, 9.17) is 21.1 Å². The van der Waals surface area contributed by atoms with Crippen molar-refractivity contribution in [1.29, 1.82) is 0 Å². The van der Waals surface area contributed by atoms with E-state index in [2.05, 4.69) is 19.0 Å². The number of fused-ring (bicyclic) bond motifs is 2. The highest BCUT2D eigenvalue weighted by Gasteiger charge is 2.44. The average molecular weight is 393 g/mol. The van der Waals surface area contributed by atoms with E-state index in [0.717, 1.165) is 30.2 Å². The Balaban J connectivity index is 1.38. The van der Waals surface area contributed by atoms with Crippen LogP contribution in [0.4, 0.5) is 0 Å². The maximum absolute atomic E-state index is 12.9. The number of ether oxygens (including phenoxy) is 2. The summed E-state index contributed by atoms with van der Waals surface area (Å²) in [5.74, 6) is 2.99. The lowest BCUT2D eigenvalue weighted by atomic mass is 10.0. The van der Waals surface area contributed by atoms with Crippen LogP contribution in [0.3, 0.4) is 0 Å².